The molecule has 0 bridgehead atoms. The summed E-state index contributed by atoms with van der Waals surface area (Å²) < 4.78 is 0. The minimum atomic E-state index is -1.49. The maximum atomic E-state index is 13.1. The largest absolute Gasteiger partial charge is 0.481 e. The van der Waals surface area contributed by atoms with Crippen LogP contribution in [-0.4, -0.2) is 82.5 Å². The summed E-state index contributed by atoms with van der Waals surface area (Å²) in [5.74, 6) is -6.56. The van der Waals surface area contributed by atoms with E-state index in [9.17, 15) is 33.9 Å². The second kappa shape index (κ2) is 16.7. The molecule has 0 spiro atoms. The van der Waals surface area contributed by atoms with E-state index in [1.165, 1.54) is 0 Å². The molecule has 0 rings (SSSR count). The Morgan fingerprint density at radius 2 is 1.46 bits per heavy atom. The van der Waals surface area contributed by atoms with Crippen LogP contribution in [0.25, 0.3) is 0 Å². The van der Waals surface area contributed by atoms with Gasteiger partial charge in [-0.15, -0.1) is 0 Å². The smallest absolute Gasteiger partial charge is 0.326 e. The number of carboxylic acids is 2. The van der Waals surface area contributed by atoms with Crippen molar-refractivity contribution in [1.29, 1.82) is 0 Å². The SMILES string of the molecule is CCC(C)C(NC(=O)C(CCCN=C(N)N)NC(=O)C(N)CC(N)=O)C(=O)NC(CCC(=O)O)C(=O)O. The van der Waals surface area contributed by atoms with E-state index < -0.39 is 78.5 Å². The maximum absolute atomic E-state index is 13.1. The van der Waals surface area contributed by atoms with Gasteiger partial charge in [0, 0.05) is 13.0 Å². The lowest BCUT2D eigenvalue weighted by molar-refractivity contribution is -0.143. The first-order valence-corrected chi connectivity index (χ1v) is 11.6. The molecule has 0 aromatic carbocycles. The maximum Gasteiger partial charge on any atom is 0.326 e. The van der Waals surface area contributed by atoms with Crippen LogP contribution < -0.4 is 38.9 Å². The van der Waals surface area contributed by atoms with Crippen molar-refractivity contribution in [3.05, 3.63) is 0 Å². The number of aliphatic carboxylic acids is 2. The second-order valence-corrected chi connectivity index (χ2v) is 8.49. The predicted molar refractivity (Wildman–Crippen MR) is 131 cm³/mol. The van der Waals surface area contributed by atoms with Gasteiger partial charge in [0.25, 0.3) is 0 Å². The van der Waals surface area contributed by atoms with E-state index in [1.807, 2.05) is 0 Å². The van der Waals surface area contributed by atoms with Crippen LogP contribution in [0.15, 0.2) is 4.99 Å². The highest BCUT2D eigenvalue weighted by Gasteiger charge is 2.33. The molecule has 0 saturated carbocycles. The Balaban J connectivity index is 5.68. The average molecular weight is 531 g/mol. The van der Waals surface area contributed by atoms with E-state index in [2.05, 4.69) is 20.9 Å². The van der Waals surface area contributed by atoms with E-state index in [4.69, 9.17) is 28.0 Å². The van der Waals surface area contributed by atoms with Crippen molar-refractivity contribution in [3.8, 4) is 0 Å². The molecular weight excluding hydrogens is 492 g/mol. The first-order chi connectivity index (χ1) is 17.2. The summed E-state index contributed by atoms with van der Waals surface area (Å²) in [6.45, 7) is 3.52. The number of nitrogens with zero attached hydrogens (tertiary/aromatic N) is 1. The van der Waals surface area contributed by atoms with Gasteiger partial charge in [0.15, 0.2) is 5.96 Å². The van der Waals surface area contributed by atoms with E-state index in [0.29, 0.717) is 6.42 Å². The first-order valence-electron chi connectivity index (χ1n) is 11.6. The zero-order valence-corrected chi connectivity index (χ0v) is 20.9. The number of hydrogen-bond acceptors (Lipinski definition) is 8. The molecule has 5 atom stereocenters. The topological polar surface area (TPSA) is 295 Å². The molecule has 0 heterocycles. The van der Waals surface area contributed by atoms with Gasteiger partial charge in [-0.05, 0) is 25.2 Å². The molecule has 0 aliphatic carbocycles. The van der Waals surface area contributed by atoms with Gasteiger partial charge < -0.3 is 49.1 Å². The monoisotopic (exact) mass is 530 g/mol. The van der Waals surface area contributed by atoms with Crippen molar-refractivity contribution in [3.63, 3.8) is 0 Å². The quantitative estimate of drug-likeness (QED) is 0.0480. The number of carboxylic acid groups (broad SMARTS) is 2. The molecule has 4 amide bonds. The van der Waals surface area contributed by atoms with E-state index in [1.54, 1.807) is 13.8 Å². The predicted octanol–water partition coefficient (Wildman–Crippen LogP) is -3.31. The zero-order chi connectivity index (χ0) is 28.7. The highest BCUT2D eigenvalue weighted by Crippen LogP contribution is 2.11. The fraction of sp³-hybridized carbons (Fsp3) is 0.667. The molecule has 0 aromatic rings. The van der Waals surface area contributed by atoms with Gasteiger partial charge in [-0.3, -0.25) is 29.0 Å². The molecule has 0 aromatic heterocycles. The molecule has 16 heteroatoms. The van der Waals surface area contributed by atoms with Gasteiger partial charge in [-0.1, -0.05) is 20.3 Å². The molecule has 0 saturated heterocycles. The lowest BCUT2D eigenvalue weighted by Crippen LogP contribution is -2.58. The number of carbonyl (C=O) groups is 6. The lowest BCUT2D eigenvalue weighted by atomic mass is 9.96. The number of carbonyl (C=O) groups excluding carboxylic acids is 4. The van der Waals surface area contributed by atoms with Crippen LogP contribution in [0, 0.1) is 5.92 Å². The normalized spacial score (nSPS) is 14.7. The van der Waals surface area contributed by atoms with E-state index >= 15 is 0 Å². The Morgan fingerprint density at radius 3 is 1.95 bits per heavy atom. The average Bonchev–Trinajstić information content (AvgIpc) is 2.79. The molecule has 0 fully saturated rings. The molecule has 16 nitrogen and oxygen atoms in total. The fourth-order valence-corrected chi connectivity index (χ4v) is 3.10. The summed E-state index contributed by atoms with van der Waals surface area (Å²) in [6, 6.07) is -5.22. The van der Waals surface area contributed by atoms with Gasteiger partial charge in [0.05, 0.1) is 12.5 Å². The number of primary amides is 1. The van der Waals surface area contributed by atoms with Crippen LogP contribution >= 0.6 is 0 Å². The fourth-order valence-electron chi connectivity index (χ4n) is 3.10. The summed E-state index contributed by atoms with van der Waals surface area (Å²) in [4.78, 5) is 75.6. The Kier molecular flexibility index (Phi) is 14.9. The number of aliphatic imine (C=N–C) groups is 1. The van der Waals surface area contributed by atoms with Gasteiger partial charge in [0.2, 0.25) is 23.6 Å². The summed E-state index contributed by atoms with van der Waals surface area (Å²) in [5.41, 5.74) is 21.3. The van der Waals surface area contributed by atoms with Crippen molar-refractivity contribution in [1.82, 2.24) is 16.0 Å². The van der Waals surface area contributed by atoms with Gasteiger partial charge >= 0.3 is 11.9 Å². The van der Waals surface area contributed by atoms with E-state index in [0.717, 1.165) is 0 Å². The third-order valence-electron chi connectivity index (χ3n) is 5.39. The molecule has 13 N–H and O–H groups in total. The third kappa shape index (κ3) is 13.6. The molecule has 0 radical (unpaired) electrons. The Morgan fingerprint density at radius 1 is 0.865 bits per heavy atom. The number of amides is 4. The van der Waals surface area contributed by atoms with Crippen LogP contribution in [0.1, 0.15) is 52.4 Å². The minimum Gasteiger partial charge on any atom is -0.481 e. The van der Waals surface area contributed by atoms with Crippen LogP contribution in [0.3, 0.4) is 0 Å². The summed E-state index contributed by atoms with van der Waals surface area (Å²) >= 11 is 0. The van der Waals surface area contributed by atoms with Crippen molar-refractivity contribution in [2.45, 2.75) is 76.5 Å². The minimum absolute atomic E-state index is 0.0306. The molecule has 0 aliphatic heterocycles. The van der Waals surface area contributed by atoms with Crippen molar-refractivity contribution in [2.24, 2.45) is 33.8 Å². The molecule has 37 heavy (non-hydrogen) atoms. The molecule has 5 unspecified atom stereocenters. The first kappa shape index (κ1) is 33.0. The van der Waals surface area contributed by atoms with Crippen molar-refractivity contribution < 1.29 is 39.0 Å². The molecular formula is C21H38N8O8. The summed E-state index contributed by atoms with van der Waals surface area (Å²) in [6.07, 6.45) is -0.623. The number of nitrogens with two attached hydrogens (primary N) is 4. The van der Waals surface area contributed by atoms with Gasteiger partial charge in [-0.2, -0.15) is 0 Å². The lowest BCUT2D eigenvalue weighted by Gasteiger charge is -2.28. The van der Waals surface area contributed by atoms with E-state index in [-0.39, 0.29) is 31.8 Å². The van der Waals surface area contributed by atoms with Crippen LogP contribution in [0.4, 0.5) is 0 Å². The van der Waals surface area contributed by atoms with Crippen LogP contribution in [0.2, 0.25) is 0 Å². The third-order valence-corrected chi connectivity index (χ3v) is 5.39. The highest BCUT2D eigenvalue weighted by atomic mass is 16.4. The number of guanidine groups is 1. The highest BCUT2D eigenvalue weighted by molar-refractivity contribution is 5.95. The van der Waals surface area contributed by atoms with Crippen LogP contribution in [-0.2, 0) is 28.8 Å². The Hall–Kier alpha value is -3.95. The van der Waals surface area contributed by atoms with Gasteiger partial charge in [-0.25, -0.2) is 4.79 Å². The van der Waals surface area contributed by atoms with Crippen LogP contribution in [0.5, 0.6) is 0 Å². The Labute approximate surface area is 214 Å². The summed E-state index contributed by atoms with van der Waals surface area (Å²) in [7, 11) is 0. The molecule has 0 aliphatic rings. The zero-order valence-electron chi connectivity index (χ0n) is 20.9. The number of hydrogen-bond donors (Lipinski definition) is 9. The van der Waals surface area contributed by atoms with Crippen molar-refractivity contribution >= 4 is 41.5 Å². The van der Waals surface area contributed by atoms with Gasteiger partial charge in [0.1, 0.15) is 18.1 Å². The Bertz CT molecular complexity index is 861. The standard InChI is InChI=1S/C21H38N8O8/c1-3-10(2)16(19(35)28-13(20(36)37)6-7-15(31)32)29-18(34)12(5-4-8-26-21(24)25)27-17(33)11(22)9-14(23)30/h10-13,16H,3-9,22H2,1-2H3,(H2,23,30)(H,27,33)(H,28,35)(H,29,34)(H,31,32)(H,36,37)(H4,24,25,26). The number of nitrogens with one attached hydrogen (secondary N) is 3. The number of rotatable bonds is 18. The van der Waals surface area contributed by atoms with Crippen molar-refractivity contribution in [2.75, 3.05) is 6.54 Å². The summed E-state index contributed by atoms with van der Waals surface area (Å²) in [5, 5.41) is 25.4. The molecule has 210 valence electrons. The second-order valence-electron chi connectivity index (χ2n) is 8.49.